The molecule has 3 heterocycles. The van der Waals surface area contributed by atoms with Crippen molar-refractivity contribution in [3.05, 3.63) is 64.5 Å². The number of aryl methyl sites for hydroxylation is 1. The monoisotopic (exact) mass is 557 g/mol. The van der Waals surface area contributed by atoms with Gasteiger partial charge in [-0.3, -0.25) is 0 Å². The van der Waals surface area contributed by atoms with Crippen LogP contribution in [0.25, 0.3) is 23.3 Å². The van der Waals surface area contributed by atoms with Gasteiger partial charge in [0.15, 0.2) is 10.7 Å². The predicted octanol–water partition coefficient (Wildman–Crippen LogP) is 4.92. The van der Waals surface area contributed by atoms with Crippen LogP contribution in [0.15, 0.2) is 51.9 Å². The van der Waals surface area contributed by atoms with Crippen LogP contribution in [0.4, 0.5) is 5.13 Å². The Labute approximate surface area is 224 Å². The van der Waals surface area contributed by atoms with Crippen molar-refractivity contribution in [1.29, 1.82) is 0 Å². The van der Waals surface area contributed by atoms with E-state index in [0.29, 0.717) is 28.3 Å². The number of hydrogen-bond acceptors (Lipinski definition) is 11. The van der Waals surface area contributed by atoms with E-state index in [4.69, 9.17) is 18.4 Å². The zero-order valence-corrected chi connectivity index (χ0v) is 22.5. The fourth-order valence-corrected chi connectivity index (χ4v) is 5.64. The summed E-state index contributed by atoms with van der Waals surface area (Å²) in [6.07, 6.45) is 6.91. The third kappa shape index (κ3) is 6.05. The fraction of sp³-hybridized carbons (Fsp3) is 0.308. The van der Waals surface area contributed by atoms with Crippen LogP contribution in [-0.4, -0.2) is 42.9 Å². The first-order chi connectivity index (χ1) is 18.3. The molecule has 0 radical (unpaired) electrons. The summed E-state index contributed by atoms with van der Waals surface area (Å²) in [6.45, 7) is 5.08. The number of aliphatic hydroxyl groups excluding tert-OH is 1. The molecule has 4 aromatic rings. The largest absolute Gasteiger partial charge is 0.462 e. The number of fused-ring (bicyclic) bond motifs is 1. The van der Waals surface area contributed by atoms with Gasteiger partial charge in [0.2, 0.25) is 12.2 Å². The van der Waals surface area contributed by atoms with Gasteiger partial charge in [-0.25, -0.2) is 9.97 Å². The highest BCUT2D eigenvalue weighted by Crippen LogP contribution is 2.28. The van der Waals surface area contributed by atoms with E-state index in [1.54, 1.807) is 48.6 Å². The number of rotatable bonds is 10. The van der Waals surface area contributed by atoms with Gasteiger partial charge in [0.25, 0.3) is 0 Å². The van der Waals surface area contributed by atoms with Crippen molar-refractivity contribution in [3.8, 4) is 5.75 Å². The minimum Gasteiger partial charge on any atom is -0.462 e. The molecule has 1 aliphatic rings. The van der Waals surface area contributed by atoms with Crippen LogP contribution >= 0.6 is 11.3 Å². The van der Waals surface area contributed by atoms with Crippen LogP contribution in [0, 0.1) is 6.92 Å². The van der Waals surface area contributed by atoms with E-state index < -0.39 is 16.4 Å². The van der Waals surface area contributed by atoms with Gasteiger partial charge in [-0.15, -0.1) is 0 Å². The lowest BCUT2D eigenvalue weighted by Crippen LogP contribution is -2.19. The molecule has 1 N–H and O–H groups in total. The molecule has 5 rings (SSSR count). The summed E-state index contributed by atoms with van der Waals surface area (Å²) in [5.74, 6) is 0.820. The van der Waals surface area contributed by atoms with Crippen LogP contribution < -0.4 is 9.64 Å². The molecule has 2 aromatic heterocycles. The molecule has 12 heteroatoms. The maximum absolute atomic E-state index is 12.5. The number of aromatic nitrogens is 2. The number of ether oxygens (including phenoxy) is 1. The maximum atomic E-state index is 12.5. The average molecular weight is 558 g/mol. The SMILES string of the molecule is Cc1ccc(S(=O)(=O)OOC(C)Oc2ccc3nc(/C=C/c4cnc(N5CCCC5)s4)oc3c2)cc1CO. The molecule has 0 bridgehead atoms. The number of hydrogen-bond donors (Lipinski definition) is 1. The number of benzene rings is 2. The summed E-state index contributed by atoms with van der Waals surface area (Å²) in [5, 5.41) is 10.4. The number of aliphatic hydroxyl groups is 1. The Balaban J connectivity index is 1.20. The van der Waals surface area contributed by atoms with E-state index >= 15 is 0 Å². The lowest BCUT2D eigenvalue weighted by Gasteiger charge is -2.14. The Morgan fingerprint density at radius 3 is 2.79 bits per heavy atom. The van der Waals surface area contributed by atoms with Crippen LogP contribution in [0.1, 0.15) is 41.7 Å². The highest BCUT2D eigenvalue weighted by Gasteiger charge is 2.20. The first-order valence-corrected chi connectivity index (χ1v) is 14.3. The summed E-state index contributed by atoms with van der Waals surface area (Å²) < 4.78 is 41.1. The normalized spacial score (nSPS) is 15.1. The molecule has 38 heavy (non-hydrogen) atoms. The average Bonchev–Trinajstić information content (AvgIpc) is 3.67. The van der Waals surface area contributed by atoms with Gasteiger partial charge in [-0.2, -0.15) is 13.3 Å². The van der Waals surface area contributed by atoms with Gasteiger partial charge in [0.05, 0.1) is 11.5 Å². The highest BCUT2D eigenvalue weighted by atomic mass is 32.2. The third-order valence-electron chi connectivity index (χ3n) is 6.00. The molecule has 0 amide bonds. The Kier molecular flexibility index (Phi) is 7.77. The molecule has 1 saturated heterocycles. The lowest BCUT2D eigenvalue weighted by molar-refractivity contribution is -0.286. The van der Waals surface area contributed by atoms with Crippen LogP contribution in [0.5, 0.6) is 5.75 Å². The second kappa shape index (κ2) is 11.2. The summed E-state index contributed by atoms with van der Waals surface area (Å²) in [6, 6.07) is 9.35. The summed E-state index contributed by atoms with van der Waals surface area (Å²) >= 11 is 1.63. The molecular formula is C26H27N3O7S2. The molecule has 1 aliphatic heterocycles. The van der Waals surface area contributed by atoms with E-state index in [1.807, 2.05) is 12.3 Å². The van der Waals surface area contributed by atoms with Gasteiger partial charge in [0.1, 0.15) is 11.3 Å². The Hall–Kier alpha value is -3.29. The molecule has 0 spiro atoms. The molecule has 0 aliphatic carbocycles. The number of anilines is 1. The standard InChI is InChI=1S/C26H27N3O7S2/c1-17-5-8-22(13-19(17)16-30)38(31,32)36-35-18(2)33-20-6-9-23-24(14-20)34-25(28-23)10-7-21-15-27-26(37-21)29-11-3-4-12-29/h5-10,13-15,18,30H,3-4,11-12,16H2,1-2H3/b10-7+. The van der Waals surface area contributed by atoms with E-state index in [2.05, 4.69) is 14.9 Å². The van der Waals surface area contributed by atoms with Crippen molar-refractivity contribution in [2.75, 3.05) is 18.0 Å². The van der Waals surface area contributed by atoms with E-state index in [1.165, 1.54) is 31.9 Å². The zero-order chi connectivity index (χ0) is 26.7. The zero-order valence-electron chi connectivity index (χ0n) is 20.9. The maximum Gasteiger partial charge on any atom is 0.323 e. The van der Waals surface area contributed by atoms with Gasteiger partial charge in [0, 0.05) is 43.2 Å². The molecular weight excluding hydrogens is 530 g/mol. The van der Waals surface area contributed by atoms with Crippen LogP contribution in [-0.2, 0) is 25.9 Å². The van der Waals surface area contributed by atoms with E-state index in [-0.39, 0.29) is 11.5 Å². The number of oxazole rings is 1. The van der Waals surface area contributed by atoms with Gasteiger partial charge < -0.3 is 19.2 Å². The van der Waals surface area contributed by atoms with Crippen molar-refractivity contribution < 1.29 is 31.9 Å². The summed E-state index contributed by atoms with van der Waals surface area (Å²) in [7, 11) is -4.22. The molecule has 1 fully saturated rings. The van der Waals surface area contributed by atoms with Crippen LogP contribution in [0.3, 0.4) is 0 Å². The predicted molar refractivity (Wildman–Crippen MR) is 143 cm³/mol. The van der Waals surface area contributed by atoms with Crippen molar-refractivity contribution in [1.82, 2.24) is 9.97 Å². The van der Waals surface area contributed by atoms with Gasteiger partial charge in [-0.05, 0) is 61.2 Å². The van der Waals surface area contributed by atoms with Crippen molar-refractivity contribution in [3.63, 3.8) is 0 Å². The van der Waals surface area contributed by atoms with Crippen LogP contribution in [0.2, 0.25) is 0 Å². The van der Waals surface area contributed by atoms with Gasteiger partial charge in [-0.1, -0.05) is 21.7 Å². The van der Waals surface area contributed by atoms with Crippen molar-refractivity contribution >= 4 is 49.8 Å². The second-order valence-electron chi connectivity index (χ2n) is 8.80. The quantitative estimate of drug-likeness (QED) is 0.163. The van der Waals surface area contributed by atoms with Gasteiger partial charge >= 0.3 is 10.1 Å². The molecule has 2 aromatic carbocycles. The second-order valence-corrected chi connectivity index (χ2v) is 11.4. The minimum absolute atomic E-state index is 0.131. The molecule has 10 nitrogen and oxygen atoms in total. The topological polar surface area (TPSA) is 124 Å². The molecule has 0 saturated carbocycles. The Bertz CT molecular complexity index is 1560. The van der Waals surface area contributed by atoms with Crippen molar-refractivity contribution in [2.24, 2.45) is 0 Å². The minimum atomic E-state index is -4.22. The molecule has 1 unspecified atom stereocenters. The van der Waals surface area contributed by atoms with E-state index in [0.717, 1.165) is 28.7 Å². The molecule has 200 valence electrons. The summed E-state index contributed by atoms with van der Waals surface area (Å²) in [4.78, 5) is 17.1. The first kappa shape index (κ1) is 26.3. The smallest absolute Gasteiger partial charge is 0.323 e. The van der Waals surface area contributed by atoms with E-state index in [9.17, 15) is 13.5 Å². The summed E-state index contributed by atoms with van der Waals surface area (Å²) in [5.41, 5.74) is 2.39. The fourth-order valence-electron chi connectivity index (χ4n) is 3.96. The third-order valence-corrected chi connectivity index (χ3v) is 8.11. The lowest BCUT2D eigenvalue weighted by atomic mass is 10.1. The number of nitrogens with zero attached hydrogens (tertiary/aromatic N) is 3. The number of thiazole rings is 1. The Morgan fingerprint density at radius 1 is 1.18 bits per heavy atom. The molecule has 1 atom stereocenters. The Morgan fingerprint density at radius 2 is 2.00 bits per heavy atom. The first-order valence-electron chi connectivity index (χ1n) is 12.1. The van der Waals surface area contributed by atoms with Crippen molar-refractivity contribution in [2.45, 2.75) is 44.5 Å². The highest BCUT2D eigenvalue weighted by molar-refractivity contribution is 7.86.